The Bertz CT molecular complexity index is 1080. The number of carbonyl (C=O) groups excluding carboxylic acids is 1. The van der Waals surface area contributed by atoms with Crippen molar-refractivity contribution in [3.05, 3.63) is 54.3 Å². The second-order valence-electron chi connectivity index (χ2n) is 5.58. The van der Waals surface area contributed by atoms with Crippen molar-refractivity contribution in [2.75, 3.05) is 19.5 Å². The van der Waals surface area contributed by atoms with Crippen LogP contribution in [0.4, 0.5) is 6.01 Å². The standard InChI is InChI=1S/C19H15N3O5/c1-24-14-8-7-12(10-15(14)25-2)18-21-22-19(27-18)20-17(23)16-9-11-5-3-4-6-13(11)26-16/h3-10H,1-2H3,(H,20,22,23). The number of benzene rings is 2. The molecule has 4 rings (SSSR count). The first-order valence-corrected chi connectivity index (χ1v) is 8.04. The summed E-state index contributed by atoms with van der Waals surface area (Å²) in [6.45, 7) is 0. The third-order valence-corrected chi connectivity index (χ3v) is 3.93. The van der Waals surface area contributed by atoms with Gasteiger partial charge in [0.05, 0.1) is 14.2 Å². The summed E-state index contributed by atoms with van der Waals surface area (Å²) in [4.78, 5) is 12.3. The summed E-state index contributed by atoms with van der Waals surface area (Å²) >= 11 is 0. The zero-order valence-corrected chi connectivity index (χ0v) is 14.6. The number of nitrogens with zero attached hydrogens (tertiary/aromatic N) is 2. The molecule has 0 radical (unpaired) electrons. The number of ether oxygens (including phenoxy) is 2. The van der Waals surface area contributed by atoms with Gasteiger partial charge in [0.15, 0.2) is 17.3 Å². The van der Waals surface area contributed by atoms with Gasteiger partial charge in [0.2, 0.25) is 5.89 Å². The van der Waals surface area contributed by atoms with Crippen LogP contribution in [0.5, 0.6) is 11.5 Å². The molecule has 4 aromatic rings. The number of para-hydroxylation sites is 1. The number of rotatable bonds is 5. The van der Waals surface area contributed by atoms with Crippen molar-refractivity contribution in [3.8, 4) is 23.0 Å². The number of hydrogen-bond acceptors (Lipinski definition) is 7. The fourth-order valence-electron chi connectivity index (χ4n) is 2.61. The molecule has 1 N–H and O–H groups in total. The summed E-state index contributed by atoms with van der Waals surface area (Å²) in [7, 11) is 3.09. The minimum atomic E-state index is -0.478. The quantitative estimate of drug-likeness (QED) is 0.575. The number of carbonyl (C=O) groups is 1. The van der Waals surface area contributed by atoms with Crippen LogP contribution < -0.4 is 14.8 Å². The van der Waals surface area contributed by atoms with E-state index in [-0.39, 0.29) is 17.7 Å². The molecule has 1 amide bonds. The average Bonchev–Trinajstić information content (AvgIpc) is 3.34. The molecule has 2 aromatic heterocycles. The van der Waals surface area contributed by atoms with Crippen molar-refractivity contribution in [3.63, 3.8) is 0 Å². The first kappa shape index (κ1) is 16.6. The molecule has 8 nitrogen and oxygen atoms in total. The number of nitrogens with one attached hydrogen (secondary N) is 1. The summed E-state index contributed by atoms with van der Waals surface area (Å²) in [6.07, 6.45) is 0. The second-order valence-corrected chi connectivity index (χ2v) is 5.58. The smallest absolute Gasteiger partial charge is 0.322 e. The molecule has 0 atom stereocenters. The third kappa shape index (κ3) is 3.20. The molecule has 2 aromatic carbocycles. The van der Waals surface area contributed by atoms with E-state index in [1.165, 1.54) is 7.11 Å². The lowest BCUT2D eigenvalue weighted by Crippen LogP contribution is -2.10. The van der Waals surface area contributed by atoms with E-state index < -0.39 is 5.91 Å². The SMILES string of the molecule is COc1ccc(-c2nnc(NC(=O)c3cc4ccccc4o3)o2)cc1OC. The Morgan fingerprint density at radius 2 is 1.78 bits per heavy atom. The fourth-order valence-corrected chi connectivity index (χ4v) is 2.61. The molecule has 0 unspecified atom stereocenters. The lowest BCUT2D eigenvalue weighted by molar-refractivity contribution is 0.0996. The van der Waals surface area contributed by atoms with Crippen LogP contribution in [0.3, 0.4) is 0 Å². The van der Waals surface area contributed by atoms with E-state index in [4.69, 9.17) is 18.3 Å². The molecule has 0 aliphatic carbocycles. The lowest BCUT2D eigenvalue weighted by atomic mass is 10.2. The highest BCUT2D eigenvalue weighted by Crippen LogP contribution is 2.32. The summed E-state index contributed by atoms with van der Waals surface area (Å²) in [5, 5.41) is 11.2. The highest BCUT2D eigenvalue weighted by Gasteiger charge is 2.17. The van der Waals surface area contributed by atoms with E-state index in [1.807, 2.05) is 18.2 Å². The van der Waals surface area contributed by atoms with Gasteiger partial charge >= 0.3 is 6.01 Å². The number of aromatic nitrogens is 2. The topological polar surface area (TPSA) is 99.6 Å². The predicted molar refractivity (Wildman–Crippen MR) is 97.0 cm³/mol. The number of furan rings is 1. The van der Waals surface area contributed by atoms with Gasteiger partial charge in [0.25, 0.3) is 5.91 Å². The third-order valence-electron chi connectivity index (χ3n) is 3.93. The van der Waals surface area contributed by atoms with Crippen LogP contribution in [0, 0.1) is 0 Å². The molecule has 8 heteroatoms. The molecule has 2 heterocycles. The van der Waals surface area contributed by atoms with Crippen LogP contribution in [-0.2, 0) is 0 Å². The van der Waals surface area contributed by atoms with Crippen LogP contribution >= 0.6 is 0 Å². The van der Waals surface area contributed by atoms with Gasteiger partial charge in [0.1, 0.15) is 5.58 Å². The van der Waals surface area contributed by atoms with Gasteiger partial charge in [0, 0.05) is 10.9 Å². The first-order chi connectivity index (χ1) is 13.2. The highest BCUT2D eigenvalue weighted by atomic mass is 16.5. The number of methoxy groups -OCH3 is 2. The normalized spacial score (nSPS) is 10.7. The molecule has 0 aliphatic rings. The maximum absolute atomic E-state index is 12.3. The van der Waals surface area contributed by atoms with Crippen LogP contribution in [0.15, 0.2) is 57.4 Å². The lowest BCUT2D eigenvalue weighted by Gasteiger charge is -2.07. The van der Waals surface area contributed by atoms with Crippen LogP contribution in [0.2, 0.25) is 0 Å². The molecule has 0 aliphatic heterocycles. The molecule has 0 saturated heterocycles. The molecular weight excluding hydrogens is 350 g/mol. The molecule has 0 fully saturated rings. The Hall–Kier alpha value is -3.81. The molecule has 136 valence electrons. The minimum absolute atomic E-state index is 0.0368. The number of amides is 1. The monoisotopic (exact) mass is 365 g/mol. The van der Waals surface area contributed by atoms with Gasteiger partial charge in [-0.25, -0.2) is 0 Å². The van der Waals surface area contributed by atoms with Crippen LogP contribution in [0.1, 0.15) is 10.6 Å². The number of fused-ring (bicyclic) bond motifs is 1. The molecular formula is C19H15N3O5. The van der Waals surface area contributed by atoms with Crippen molar-refractivity contribution < 1.29 is 23.1 Å². The van der Waals surface area contributed by atoms with Crippen molar-refractivity contribution >= 4 is 22.9 Å². The van der Waals surface area contributed by atoms with Gasteiger partial charge in [-0.1, -0.05) is 23.3 Å². The Morgan fingerprint density at radius 3 is 2.56 bits per heavy atom. The summed E-state index contributed by atoms with van der Waals surface area (Å²) < 4.78 is 21.5. The van der Waals surface area contributed by atoms with Crippen molar-refractivity contribution in [1.82, 2.24) is 10.2 Å². The van der Waals surface area contributed by atoms with E-state index in [0.29, 0.717) is 22.6 Å². The Labute approximate surface area is 153 Å². The second kappa shape index (κ2) is 6.83. The molecule has 0 saturated carbocycles. The van der Waals surface area contributed by atoms with Gasteiger partial charge < -0.3 is 18.3 Å². The summed E-state index contributed by atoms with van der Waals surface area (Å²) in [6, 6.07) is 14.1. The Morgan fingerprint density at radius 1 is 0.963 bits per heavy atom. The fraction of sp³-hybridized carbons (Fsp3) is 0.105. The first-order valence-electron chi connectivity index (χ1n) is 8.04. The minimum Gasteiger partial charge on any atom is -0.493 e. The zero-order chi connectivity index (χ0) is 18.8. The number of anilines is 1. The van der Waals surface area contributed by atoms with E-state index in [9.17, 15) is 4.79 Å². The summed E-state index contributed by atoms with van der Waals surface area (Å²) in [5.41, 5.74) is 1.25. The average molecular weight is 365 g/mol. The van der Waals surface area contributed by atoms with Crippen molar-refractivity contribution in [2.45, 2.75) is 0 Å². The predicted octanol–water partition coefficient (Wildman–Crippen LogP) is 3.75. The van der Waals surface area contributed by atoms with E-state index in [2.05, 4.69) is 15.5 Å². The zero-order valence-electron chi connectivity index (χ0n) is 14.6. The molecule has 27 heavy (non-hydrogen) atoms. The van der Waals surface area contributed by atoms with E-state index >= 15 is 0 Å². The van der Waals surface area contributed by atoms with Crippen molar-refractivity contribution in [2.24, 2.45) is 0 Å². The maximum Gasteiger partial charge on any atom is 0.322 e. The van der Waals surface area contributed by atoms with E-state index in [1.54, 1.807) is 37.4 Å². The van der Waals surface area contributed by atoms with Crippen molar-refractivity contribution in [1.29, 1.82) is 0 Å². The van der Waals surface area contributed by atoms with Gasteiger partial charge in [-0.3, -0.25) is 10.1 Å². The Kier molecular flexibility index (Phi) is 4.21. The van der Waals surface area contributed by atoms with Crippen LogP contribution in [-0.4, -0.2) is 30.3 Å². The van der Waals surface area contributed by atoms with Gasteiger partial charge in [-0.15, -0.1) is 5.10 Å². The molecule has 0 bridgehead atoms. The van der Waals surface area contributed by atoms with Gasteiger partial charge in [-0.2, -0.15) is 0 Å². The van der Waals surface area contributed by atoms with Crippen LogP contribution in [0.25, 0.3) is 22.4 Å². The summed E-state index contributed by atoms with van der Waals surface area (Å²) in [5.74, 6) is 1.02. The van der Waals surface area contributed by atoms with Gasteiger partial charge in [-0.05, 0) is 30.3 Å². The maximum atomic E-state index is 12.3. The highest BCUT2D eigenvalue weighted by molar-refractivity contribution is 6.03. The van der Waals surface area contributed by atoms with E-state index in [0.717, 1.165) is 5.39 Å². The number of hydrogen-bond donors (Lipinski definition) is 1. The Balaban J connectivity index is 1.55. The molecule has 0 spiro atoms. The largest absolute Gasteiger partial charge is 0.493 e.